The fraction of sp³-hybridized carbons (Fsp3) is 0.182. The quantitative estimate of drug-likeness (QED) is 0.529. The number of sulfonamides is 1. The molecule has 0 amide bonds. The van der Waals surface area contributed by atoms with Gasteiger partial charge in [-0.3, -0.25) is 0 Å². The molecule has 30 heavy (non-hydrogen) atoms. The molecular formula is C22H21F2NO4S. The molecule has 5 nitrogen and oxygen atoms in total. The zero-order chi connectivity index (χ0) is 21.7. The van der Waals surface area contributed by atoms with E-state index < -0.39 is 26.6 Å². The highest BCUT2D eigenvalue weighted by Gasteiger charge is 2.23. The van der Waals surface area contributed by atoms with Gasteiger partial charge in [0.25, 0.3) is 0 Å². The molecule has 0 aromatic heterocycles. The maximum Gasteiger partial charge on any atom is 0.243 e. The lowest BCUT2D eigenvalue weighted by Crippen LogP contribution is -2.26. The van der Waals surface area contributed by atoms with Gasteiger partial charge in [-0.2, -0.15) is 4.31 Å². The number of hydrogen-bond acceptors (Lipinski definition) is 4. The molecule has 158 valence electrons. The third-order valence-electron chi connectivity index (χ3n) is 4.41. The zero-order valence-corrected chi connectivity index (χ0v) is 17.3. The summed E-state index contributed by atoms with van der Waals surface area (Å²) < 4.78 is 64.4. The maximum atomic E-state index is 13.4. The number of halogens is 2. The molecule has 3 rings (SSSR count). The minimum Gasteiger partial charge on any atom is -0.493 e. The van der Waals surface area contributed by atoms with Gasteiger partial charge in [-0.15, -0.1) is 0 Å². The van der Waals surface area contributed by atoms with Crippen LogP contribution in [0.2, 0.25) is 0 Å². The first-order valence-electron chi connectivity index (χ1n) is 9.05. The van der Waals surface area contributed by atoms with Crippen LogP contribution >= 0.6 is 0 Å². The van der Waals surface area contributed by atoms with E-state index in [1.807, 2.05) is 30.3 Å². The van der Waals surface area contributed by atoms with Crippen LogP contribution in [0, 0.1) is 11.6 Å². The summed E-state index contributed by atoms with van der Waals surface area (Å²) in [6.07, 6.45) is 0. The largest absolute Gasteiger partial charge is 0.493 e. The van der Waals surface area contributed by atoms with Crippen molar-refractivity contribution in [2.45, 2.75) is 18.0 Å². The lowest BCUT2D eigenvalue weighted by Gasteiger charge is -2.18. The molecule has 3 aromatic rings. The number of nitrogens with zero attached hydrogens (tertiary/aromatic N) is 1. The lowest BCUT2D eigenvalue weighted by atomic mass is 10.2. The Morgan fingerprint density at radius 2 is 1.53 bits per heavy atom. The highest BCUT2D eigenvalue weighted by atomic mass is 32.2. The molecule has 3 aromatic carbocycles. The van der Waals surface area contributed by atoms with Gasteiger partial charge in [0.15, 0.2) is 11.5 Å². The summed E-state index contributed by atoms with van der Waals surface area (Å²) in [5.74, 6) is -0.944. The minimum atomic E-state index is -4.08. The van der Waals surface area contributed by atoms with Gasteiger partial charge in [-0.1, -0.05) is 36.4 Å². The molecule has 0 aliphatic carbocycles. The first kappa shape index (κ1) is 21.7. The Morgan fingerprint density at radius 3 is 2.17 bits per heavy atom. The number of ether oxygens (including phenoxy) is 2. The van der Waals surface area contributed by atoms with Crippen molar-refractivity contribution in [3.05, 3.63) is 89.5 Å². The van der Waals surface area contributed by atoms with E-state index in [9.17, 15) is 17.2 Å². The number of hydrogen-bond donors (Lipinski definition) is 0. The third-order valence-corrected chi connectivity index (χ3v) is 6.20. The molecule has 0 bridgehead atoms. The van der Waals surface area contributed by atoms with Crippen molar-refractivity contribution >= 4 is 10.0 Å². The average Bonchev–Trinajstić information content (AvgIpc) is 2.72. The second-order valence-electron chi connectivity index (χ2n) is 6.63. The van der Waals surface area contributed by atoms with Crippen molar-refractivity contribution in [3.8, 4) is 11.5 Å². The van der Waals surface area contributed by atoms with E-state index in [1.54, 1.807) is 18.2 Å². The van der Waals surface area contributed by atoms with E-state index in [0.29, 0.717) is 29.7 Å². The number of rotatable bonds is 8. The van der Waals surface area contributed by atoms with Crippen molar-refractivity contribution in [2.24, 2.45) is 0 Å². The van der Waals surface area contributed by atoms with E-state index in [2.05, 4.69) is 0 Å². The predicted octanol–water partition coefficient (Wildman–Crippen LogP) is 4.37. The van der Waals surface area contributed by atoms with Gasteiger partial charge in [0.2, 0.25) is 10.0 Å². The van der Waals surface area contributed by atoms with Gasteiger partial charge in [0.1, 0.15) is 18.2 Å². The van der Waals surface area contributed by atoms with Gasteiger partial charge in [-0.05, 0) is 35.4 Å². The second kappa shape index (κ2) is 9.23. The number of benzene rings is 3. The maximum absolute atomic E-state index is 13.4. The summed E-state index contributed by atoms with van der Waals surface area (Å²) in [6, 6.07) is 16.9. The van der Waals surface area contributed by atoms with Gasteiger partial charge in [0.05, 0.1) is 12.0 Å². The highest BCUT2D eigenvalue weighted by Crippen LogP contribution is 2.30. The molecule has 0 saturated heterocycles. The summed E-state index contributed by atoms with van der Waals surface area (Å²) in [5, 5.41) is 0. The van der Waals surface area contributed by atoms with Crippen molar-refractivity contribution in [2.75, 3.05) is 14.2 Å². The van der Waals surface area contributed by atoms with Crippen LogP contribution in [0.15, 0.2) is 71.6 Å². The first-order valence-corrected chi connectivity index (χ1v) is 10.5. The van der Waals surface area contributed by atoms with Crippen LogP contribution in [0.1, 0.15) is 11.1 Å². The summed E-state index contributed by atoms with van der Waals surface area (Å²) >= 11 is 0. The standard InChI is InChI=1S/C22H21F2NO4S/c1-25(30(26,27)20-12-18(23)11-19(24)13-20)14-17-8-9-21(22(10-17)28-2)29-15-16-6-4-3-5-7-16/h3-13H,14-15H2,1-2H3. The Kier molecular flexibility index (Phi) is 6.69. The van der Waals surface area contributed by atoms with E-state index in [-0.39, 0.29) is 6.54 Å². The van der Waals surface area contributed by atoms with Gasteiger partial charge in [-0.25, -0.2) is 17.2 Å². The molecule has 0 atom stereocenters. The monoisotopic (exact) mass is 433 g/mol. The van der Waals surface area contributed by atoms with Crippen LogP contribution in [0.4, 0.5) is 8.78 Å². The third kappa shape index (κ3) is 5.14. The van der Waals surface area contributed by atoms with Crippen LogP contribution in [0.5, 0.6) is 11.5 Å². The normalized spacial score (nSPS) is 11.5. The molecule has 0 N–H and O–H groups in total. The molecule has 0 spiro atoms. The van der Waals surface area contributed by atoms with Crippen LogP contribution in [0.25, 0.3) is 0 Å². The lowest BCUT2D eigenvalue weighted by molar-refractivity contribution is 0.284. The van der Waals surface area contributed by atoms with Gasteiger partial charge >= 0.3 is 0 Å². The van der Waals surface area contributed by atoms with Crippen molar-refractivity contribution in [1.82, 2.24) is 4.31 Å². The summed E-state index contributed by atoms with van der Waals surface area (Å²) in [7, 11) is -1.25. The smallest absolute Gasteiger partial charge is 0.243 e. The average molecular weight is 433 g/mol. The van der Waals surface area contributed by atoms with Crippen molar-refractivity contribution in [3.63, 3.8) is 0 Å². The summed E-state index contributed by atoms with van der Waals surface area (Å²) in [6.45, 7) is 0.339. The molecular weight excluding hydrogens is 412 g/mol. The fourth-order valence-corrected chi connectivity index (χ4v) is 4.07. The molecule has 0 heterocycles. The minimum absolute atomic E-state index is 0.0181. The second-order valence-corrected chi connectivity index (χ2v) is 8.67. The van der Waals surface area contributed by atoms with Crippen LogP contribution < -0.4 is 9.47 Å². The van der Waals surface area contributed by atoms with Crippen LogP contribution in [0.3, 0.4) is 0 Å². The number of methoxy groups -OCH3 is 1. The molecule has 0 fully saturated rings. The first-order chi connectivity index (χ1) is 14.3. The fourth-order valence-electron chi connectivity index (χ4n) is 2.86. The molecule has 0 unspecified atom stereocenters. The van der Waals surface area contributed by atoms with E-state index >= 15 is 0 Å². The molecule has 0 radical (unpaired) electrons. The Bertz CT molecular complexity index is 1100. The van der Waals surface area contributed by atoms with Crippen LogP contribution in [-0.2, 0) is 23.2 Å². The summed E-state index contributed by atoms with van der Waals surface area (Å²) in [4.78, 5) is -0.447. The Labute approximate surface area is 174 Å². The summed E-state index contributed by atoms with van der Waals surface area (Å²) in [5.41, 5.74) is 1.62. The molecule has 8 heteroatoms. The zero-order valence-electron chi connectivity index (χ0n) is 16.5. The van der Waals surface area contributed by atoms with Gasteiger partial charge in [0, 0.05) is 19.7 Å². The Hall–Kier alpha value is -2.97. The van der Waals surface area contributed by atoms with Crippen molar-refractivity contribution < 1.29 is 26.7 Å². The molecule has 0 aliphatic heterocycles. The molecule has 0 aliphatic rings. The van der Waals surface area contributed by atoms with Crippen molar-refractivity contribution in [1.29, 1.82) is 0 Å². The SMILES string of the molecule is COc1cc(CN(C)S(=O)(=O)c2cc(F)cc(F)c2)ccc1OCc1ccccc1. The molecule has 0 saturated carbocycles. The highest BCUT2D eigenvalue weighted by molar-refractivity contribution is 7.89. The van der Waals surface area contributed by atoms with E-state index in [4.69, 9.17) is 9.47 Å². The topological polar surface area (TPSA) is 55.8 Å². The van der Waals surface area contributed by atoms with E-state index in [1.165, 1.54) is 14.2 Å². The predicted molar refractivity (Wildman–Crippen MR) is 109 cm³/mol. The van der Waals surface area contributed by atoms with Crippen LogP contribution in [-0.4, -0.2) is 26.9 Å². The van der Waals surface area contributed by atoms with Gasteiger partial charge < -0.3 is 9.47 Å². The Morgan fingerprint density at radius 1 is 0.867 bits per heavy atom. The Balaban J connectivity index is 1.75. The van der Waals surface area contributed by atoms with E-state index in [0.717, 1.165) is 22.0 Å².